The summed E-state index contributed by atoms with van der Waals surface area (Å²) in [5.41, 5.74) is 10.6. The fourth-order valence-electron chi connectivity index (χ4n) is 3.55. The predicted molar refractivity (Wildman–Crippen MR) is 150 cm³/mol. The lowest BCUT2D eigenvalue weighted by atomic mass is 10.0. The zero-order chi connectivity index (χ0) is 34.3. The molecule has 0 spiro atoms. The predicted octanol–water partition coefficient (Wildman–Crippen LogP) is -5.00. The molecule has 0 saturated heterocycles. The van der Waals surface area contributed by atoms with Gasteiger partial charge in [-0.1, -0.05) is 13.8 Å². The first-order valence-electron chi connectivity index (χ1n) is 13.6. The van der Waals surface area contributed by atoms with Crippen LogP contribution in [0.25, 0.3) is 0 Å². The summed E-state index contributed by atoms with van der Waals surface area (Å²) in [5, 5.41) is 48.3. The van der Waals surface area contributed by atoms with E-state index in [4.69, 9.17) is 21.7 Å². The third-order valence-corrected chi connectivity index (χ3v) is 6.17. The number of nitrogens with two attached hydrogens (primary N) is 2. The molecule has 44 heavy (non-hydrogen) atoms. The summed E-state index contributed by atoms with van der Waals surface area (Å²) >= 11 is 0. The van der Waals surface area contributed by atoms with Crippen molar-refractivity contribution < 1.29 is 58.8 Å². The van der Waals surface area contributed by atoms with Crippen molar-refractivity contribution in [2.75, 3.05) is 6.61 Å². The average molecular weight is 634 g/mol. The highest BCUT2D eigenvalue weighted by molar-refractivity contribution is 5.96. The average Bonchev–Trinajstić information content (AvgIpc) is 2.92. The molecule has 0 saturated carbocycles. The van der Waals surface area contributed by atoms with Crippen LogP contribution in [0.5, 0.6) is 0 Å². The first kappa shape index (κ1) is 39.6. The van der Waals surface area contributed by atoms with Gasteiger partial charge in [-0.2, -0.15) is 0 Å². The van der Waals surface area contributed by atoms with E-state index in [0.717, 1.165) is 6.92 Å². The monoisotopic (exact) mass is 633 g/mol. The number of hydrogen-bond acceptors (Lipinski definition) is 11. The van der Waals surface area contributed by atoms with E-state index in [1.807, 2.05) is 5.32 Å². The minimum atomic E-state index is -1.75. The molecule has 0 radical (unpaired) electrons. The number of carboxylic acid groups (broad SMARTS) is 2. The van der Waals surface area contributed by atoms with E-state index in [1.54, 1.807) is 13.8 Å². The van der Waals surface area contributed by atoms with Crippen molar-refractivity contribution in [2.24, 2.45) is 17.4 Å². The summed E-state index contributed by atoms with van der Waals surface area (Å²) in [5.74, 6) is -9.02. The summed E-state index contributed by atoms with van der Waals surface area (Å²) in [7, 11) is 0. The maximum Gasteiger partial charge on any atom is 0.328 e. The standard InChI is InChI=1S/C25H43N7O12/c1-10(2)18(31-21(39)13(26)9-33)24(42)30-15(6-8-17(36)37)22(40)28-11(3)20(38)29-14(5-7-16(27)35)23(41)32-19(12(4)34)25(43)44/h10-15,18-19,33-34H,5-9,26H2,1-4H3,(H2,27,35)(H,28,40)(H,29,38)(H,30,42)(H,31,39)(H,32,41)(H,36,37)(H,43,44)/t11-,12+,13-,14-,15-,18-,19-/m0/s1. The van der Waals surface area contributed by atoms with E-state index < -0.39 is 122 Å². The zero-order valence-electron chi connectivity index (χ0n) is 24.9. The summed E-state index contributed by atoms with van der Waals surface area (Å²) in [6, 6.07) is -8.74. The Kier molecular flexibility index (Phi) is 17.1. The highest BCUT2D eigenvalue weighted by Gasteiger charge is 2.33. The van der Waals surface area contributed by atoms with Crippen LogP contribution in [0, 0.1) is 5.92 Å². The highest BCUT2D eigenvalue weighted by Crippen LogP contribution is 2.07. The van der Waals surface area contributed by atoms with Crippen LogP contribution in [-0.4, -0.2) is 117 Å². The number of rotatable bonds is 20. The maximum atomic E-state index is 13.0. The van der Waals surface area contributed by atoms with Crippen molar-refractivity contribution in [2.45, 2.75) is 95.7 Å². The van der Waals surface area contributed by atoms with E-state index in [0.29, 0.717) is 0 Å². The van der Waals surface area contributed by atoms with Crippen molar-refractivity contribution in [3.05, 3.63) is 0 Å². The molecule has 0 heterocycles. The van der Waals surface area contributed by atoms with Gasteiger partial charge in [0.05, 0.1) is 12.7 Å². The number of carbonyl (C=O) groups is 8. The van der Waals surface area contributed by atoms with Crippen LogP contribution < -0.4 is 38.1 Å². The topological polar surface area (TPSA) is 330 Å². The van der Waals surface area contributed by atoms with Gasteiger partial charge in [0.1, 0.15) is 30.2 Å². The van der Waals surface area contributed by atoms with Crippen LogP contribution in [-0.2, 0) is 38.4 Å². The molecule has 0 aliphatic heterocycles. The molecular formula is C25H43N7O12. The molecule has 0 unspecified atom stereocenters. The molecule has 0 aromatic carbocycles. The van der Waals surface area contributed by atoms with Gasteiger partial charge in [-0.15, -0.1) is 0 Å². The second-order valence-electron chi connectivity index (χ2n) is 10.4. The fraction of sp³-hybridized carbons (Fsp3) is 0.680. The normalized spacial score (nSPS) is 15.7. The maximum absolute atomic E-state index is 13.0. The summed E-state index contributed by atoms with van der Waals surface area (Å²) in [6.45, 7) is 4.73. The molecule has 250 valence electrons. The highest BCUT2D eigenvalue weighted by atomic mass is 16.4. The van der Waals surface area contributed by atoms with Crippen molar-refractivity contribution in [3.63, 3.8) is 0 Å². The Labute approximate surface area is 252 Å². The van der Waals surface area contributed by atoms with Crippen molar-refractivity contribution in [1.82, 2.24) is 26.6 Å². The Morgan fingerprint density at radius 2 is 1.14 bits per heavy atom. The van der Waals surface area contributed by atoms with Gasteiger partial charge in [0, 0.05) is 12.8 Å². The quantitative estimate of drug-likeness (QED) is 0.0599. The van der Waals surface area contributed by atoms with Crippen LogP contribution in [0.2, 0.25) is 0 Å². The summed E-state index contributed by atoms with van der Waals surface area (Å²) in [4.78, 5) is 97.5. The largest absolute Gasteiger partial charge is 0.481 e. The van der Waals surface area contributed by atoms with E-state index in [1.165, 1.54) is 6.92 Å². The van der Waals surface area contributed by atoms with Gasteiger partial charge >= 0.3 is 11.9 Å². The van der Waals surface area contributed by atoms with Gasteiger partial charge < -0.3 is 58.5 Å². The Hall–Kier alpha value is -4.36. The number of amides is 6. The lowest BCUT2D eigenvalue weighted by Crippen LogP contribution is -2.60. The molecule has 0 aliphatic carbocycles. The number of hydrogen-bond donors (Lipinski definition) is 11. The molecule has 0 aromatic heterocycles. The van der Waals surface area contributed by atoms with Gasteiger partial charge in [0.2, 0.25) is 35.4 Å². The van der Waals surface area contributed by atoms with E-state index >= 15 is 0 Å². The Morgan fingerprint density at radius 3 is 1.57 bits per heavy atom. The van der Waals surface area contributed by atoms with Crippen LogP contribution in [0.3, 0.4) is 0 Å². The second kappa shape index (κ2) is 19.0. The van der Waals surface area contributed by atoms with Crippen LogP contribution in [0.15, 0.2) is 0 Å². The Bertz CT molecular complexity index is 1070. The molecule has 19 nitrogen and oxygen atoms in total. The summed E-state index contributed by atoms with van der Waals surface area (Å²) in [6.07, 6.45) is -3.27. The van der Waals surface area contributed by atoms with Crippen LogP contribution in [0.1, 0.15) is 53.4 Å². The third kappa shape index (κ3) is 14.2. The number of nitrogens with one attached hydrogen (secondary N) is 5. The molecule has 0 aliphatic rings. The van der Waals surface area contributed by atoms with Crippen molar-refractivity contribution >= 4 is 47.4 Å². The number of carbonyl (C=O) groups excluding carboxylic acids is 6. The molecule has 0 rings (SSSR count). The Balaban J connectivity index is 5.78. The lowest BCUT2D eigenvalue weighted by Gasteiger charge is -2.27. The molecule has 0 fully saturated rings. The van der Waals surface area contributed by atoms with Gasteiger partial charge in [-0.05, 0) is 32.6 Å². The van der Waals surface area contributed by atoms with E-state index in [9.17, 15) is 48.6 Å². The lowest BCUT2D eigenvalue weighted by molar-refractivity contribution is -0.145. The van der Waals surface area contributed by atoms with Gasteiger partial charge in [-0.25, -0.2) is 4.79 Å². The first-order valence-corrected chi connectivity index (χ1v) is 13.6. The number of aliphatic hydroxyl groups excluding tert-OH is 2. The second-order valence-corrected chi connectivity index (χ2v) is 10.4. The number of primary amides is 1. The SMILES string of the molecule is CC(C)[C@H](NC(=O)[C@@H](N)CO)C(=O)N[C@@H](CCC(=O)O)C(=O)N[C@@H](C)C(=O)N[C@@H](CCC(N)=O)C(=O)N[C@H](C(=O)O)[C@@H](C)O. The number of aliphatic hydroxyl groups is 2. The Morgan fingerprint density at radius 1 is 0.659 bits per heavy atom. The van der Waals surface area contributed by atoms with Gasteiger partial charge in [0.15, 0.2) is 6.04 Å². The molecule has 6 amide bonds. The number of carboxylic acids is 2. The van der Waals surface area contributed by atoms with Crippen molar-refractivity contribution in [1.29, 1.82) is 0 Å². The van der Waals surface area contributed by atoms with Crippen LogP contribution >= 0.6 is 0 Å². The molecule has 0 aromatic rings. The third-order valence-electron chi connectivity index (χ3n) is 6.17. The van der Waals surface area contributed by atoms with Crippen LogP contribution in [0.4, 0.5) is 0 Å². The van der Waals surface area contributed by atoms with E-state index in [-0.39, 0.29) is 6.42 Å². The van der Waals surface area contributed by atoms with Gasteiger partial charge in [0.25, 0.3) is 0 Å². The van der Waals surface area contributed by atoms with Gasteiger partial charge in [-0.3, -0.25) is 33.6 Å². The minimum absolute atomic E-state index is 0.362. The fourth-order valence-corrected chi connectivity index (χ4v) is 3.55. The smallest absolute Gasteiger partial charge is 0.328 e. The molecular weight excluding hydrogens is 590 g/mol. The molecule has 0 bridgehead atoms. The first-order chi connectivity index (χ1) is 20.3. The molecule has 7 atom stereocenters. The summed E-state index contributed by atoms with van der Waals surface area (Å²) < 4.78 is 0. The molecule has 19 heteroatoms. The van der Waals surface area contributed by atoms with Crippen molar-refractivity contribution in [3.8, 4) is 0 Å². The minimum Gasteiger partial charge on any atom is -0.481 e. The zero-order valence-corrected chi connectivity index (χ0v) is 24.9. The van der Waals surface area contributed by atoms with E-state index in [2.05, 4.69) is 21.3 Å². The number of aliphatic carboxylic acids is 2. The molecule has 13 N–H and O–H groups in total.